The van der Waals surface area contributed by atoms with E-state index in [9.17, 15) is 9.59 Å². The molecular formula is C26H50ClNO5. The molecule has 0 radical (unpaired) electrons. The van der Waals surface area contributed by atoms with E-state index in [1.807, 2.05) is 0 Å². The van der Waals surface area contributed by atoms with Crippen LogP contribution >= 0.6 is 12.4 Å². The number of fused-ring (bicyclic) bond motifs is 3. The summed E-state index contributed by atoms with van der Waals surface area (Å²) in [5.41, 5.74) is 0. The number of carbonyl (C=O) groups excluding carboxylic acids is 1. The second-order valence-electron chi connectivity index (χ2n) is 9.59. The van der Waals surface area contributed by atoms with Crippen molar-refractivity contribution in [3.05, 3.63) is 0 Å². The summed E-state index contributed by atoms with van der Waals surface area (Å²) in [5.74, 6) is 0.122. The highest BCUT2D eigenvalue weighted by atomic mass is 35.5. The van der Waals surface area contributed by atoms with Crippen LogP contribution in [0.1, 0.15) is 117 Å². The zero-order chi connectivity index (χ0) is 23.4. The van der Waals surface area contributed by atoms with Crippen molar-refractivity contribution in [3.8, 4) is 0 Å². The first-order valence-electron chi connectivity index (χ1n) is 13.3. The highest BCUT2D eigenvalue weighted by Crippen LogP contribution is 2.26. The summed E-state index contributed by atoms with van der Waals surface area (Å²) in [5, 5.41) is 8.56. The second-order valence-corrected chi connectivity index (χ2v) is 9.59. The Morgan fingerprint density at radius 1 is 0.848 bits per heavy atom. The molecule has 0 aromatic rings. The van der Waals surface area contributed by atoms with Gasteiger partial charge in [-0.3, -0.25) is 4.79 Å². The fourth-order valence-electron chi connectivity index (χ4n) is 4.45. The van der Waals surface area contributed by atoms with E-state index in [0.717, 1.165) is 18.8 Å². The lowest BCUT2D eigenvalue weighted by atomic mass is 9.89. The van der Waals surface area contributed by atoms with Crippen LogP contribution < -0.4 is 0 Å². The summed E-state index contributed by atoms with van der Waals surface area (Å²) in [6, 6.07) is 0. The minimum Gasteiger partial charge on any atom is -0.481 e. The van der Waals surface area contributed by atoms with Crippen LogP contribution in [-0.2, 0) is 14.3 Å². The highest BCUT2D eigenvalue weighted by molar-refractivity contribution is 5.85. The molecule has 2 bridgehead atoms. The maximum absolute atomic E-state index is 11.3. The minimum atomic E-state index is -0.990. The molecule has 3 aliphatic rings. The van der Waals surface area contributed by atoms with Crippen LogP contribution in [-0.4, -0.2) is 54.5 Å². The van der Waals surface area contributed by atoms with Crippen molar-refractivity contribution < 1.29 is 24.2 Å². The number of piperidine rings is 3. The van der Waals surface area contributed by atoms with E-state index in [1.54, 1.807) is 6.92 Å². The summed E-state index contributed by atoms with van der Waals surface area (Å²) in [6.07, 6.45) is 17.9. The van der Waals surface area contributed by atoms with Crippen molar-refractivity contribution in [2.75, 3.05) is 26.2 Å². The second kappa shape index (κ2) is 21.5. The van der Waals surface area contributed by atoms with Gasteiger partial charge in [0.15, 0.2) is 0 Å². The number of aliphatic carboxylic acids is 1. The third kappa shape index (κ3) is 19.0. The standard InChI is InChI=1S/C19H36O5.C7H13N.ClH/c1-3-4-5-6-7-8-9-10-11-12-13-14-15-23-19(22)24-17(2)16-18(20)21;1-4-8-5-2-7(1)3-6-8;/h17H,3-16H2,1-2H3,(H,20,21);7H,1-6H2;1H. The lowest BCUT2D eigenvalue weighted by Gasteiger charge is -2.38. The van der Waals surface area contributed by atoms with Crippen LogP contribution in [0.5, 0.6) is 0 Å². The lowest BCUT2D eigenvalue weighted by Crippen LogP contribution is -2.41. The Morgan fingerprint density at radius 2 is 1.30 bits per heavy atom. The molecule has 0 amide bonds. The Morgan fingerprint density at radius 3 is 1.67 bits per heavy atom. The van der Waals surface area contributed by atoms with Gasteiger partial charge in [-0.25, -0.2) is 4.79 Å². The van der Waals surface area contributed by atoms with Gasteiger partial charge in [0.1, 0.15) is 6.10 Å². The summed E-state index contributed by atoms with van der Waals surface area (Å²) in [4.78, 5) is 24.3. The molecule has 0 aliphatic carbocycles. The average molecular weight is 492 g/mol. The van der Waals surface area contributed by atoms with Gasteiger partial charge in [-0.05, 0) is 58.2 Å². The van der Waals surface area contributed by atoms with Crippen LogP contribution in [0.2, 0.25) is 0 Å². The predicted octanol–water partition coefficient (Wildman–Crippen LogP) is 7.23. The smallest absolute Gasteiger partial charge is 0.481 e. The third-order valence-electron chi connectivity index (χ3n) is 6.54. The molecule has 3 saturated heterocycles. The van der Waals surface area contributed by atoms with Crippen molar-refractivity contribution in [1.82, 2.24) is 4.90 Å². The molecule has 1 N–H and O–H groups in total. The summed E-state index contributed by atoms with van der Waals surface area (Å²) < 4.78 is 9.76. The van der Waals surface area contributed by atoms with Gasteiger partial charge in [0.2, 0.25) is 0 Å². The van der Waals surface area contributed by atoms with Crippen molar-refractivity contribution in [3.63, 3.8) is 0 Å². The zero-order valence-electron chi connectivity index (χ0n) is 21.2. The topological polar surface area (TPSA) is 76.1 Å². The SMILES string of the molecule is C1CN2CCC1CC2.CCCCCCCCCCCCCCOC(=O)OC(C)CC(=O)O.Cl. The molecule has 3 rings (SSSR count). The molecule has 33 heavy (non-hydrogen) atoms. The predicted molar refractivity (Wildman–Crippen MR) is 136 cm³/mol. The maximum Gasteiger partial charge on any atom is 0.508 e. The molecule has 3 heterocycles. The molecule has 7 heteroatoms. The number of unbranched alkanes of at least 4 members (excludes halogenated alkanes) is 11. The first-order valence-corrected chi connectivity index (χ1v) is 13.3. The first kappa shape index (κ1) is 32.0. The van der Waals surface area contributed by atoms with E-state index < -0.39 is 18.2 Å². The van der Waals surface area contributed by atoms with Crippen molar-refractivity contribution >= 4 is 24.5 Å². The van der Waals surface area contributed by atoms with E-state index in [4.69, 9.17) is 14.6 Å². The van der Waals surface area contributed by atoms with Crippen LogP contribution in [0, 0.1) is 5.92 Å². The molecule has 196 valence electrons. The van der Waals surface area contributed by atoms with E-state index in [-0.39, 0.29) is 18.8 Å². The summed E-state index contributed by atoms with van der Waals surface area (Å²) >= 11 is 0. The number of ether oxygens (including phenoxy) is 2. The van der Waals surface area contributed by atoms with Gasteiger partial charge in [0, 0.05) is 0 Å². The van der Waals surface area contributed by atoms with Crippen LogP contribution in [0.15, 0.2) is 0 Å². The number of rotatable bonds is 16. The van der Waals surface area contributed by atoms with Gasteiger partial charge < -0.3 is 19.5 Å². The fraction of sp³-hybridized carbons (Fsp3) is 0.923. The fourth-order valence-corrected chi connectivity index (χ4v) is 4.45. The van der Waals surface area contributed by atoms with Crippen molar-refractivity contribution in [2.45, 2.75) is 123 Å². The molecule has 3 aliphatic heterocycles. The average Bonchev–Trinajstić information content (AvgIpc) is 2.78. The van der Waals surface area contributed by atoms with Crippen LogP contribution in [0.3, 0.4) is 0 Å². The van der Waals surface area contributed by atoms with Crippen molar-refractivity contribution in [1.29, 1.82) is 0 Å². The number of halogens is 1. The van der Waals surface area contributed by atoms with Gasteiger partial charge in [0.25, 0.3) is 0 Å². The molecule has 0 aromatic heterocycles. The number of carboxylic acids is 1. The quantitative estimate of drug-likeness (QED) is 0.181. The molecule has 0 saturated carbocycles. The molecular weight excluding hydrogens is 442 g/mol. The highest BCUT2D eigenvalue weighted by Gasteiger charge is 2.24. The van der Waals surface area contributed by atoms with Crippen molar-refractivity contribution in [2.24, 2.45) is 5.92 Å². The molecule has 3 fully saturated rings. The minimum absolute atomic E-state index is 0. The number of carbonyl (C=O) groups is 2. The molecule has 1 unspecified atom stereocenters. The molecule has 0 aromatic carbocycles. The maximum atomic E-state index is 11.3. The third-order valence-corrected chi connectivity index (χ3v) is 6.54. The van der Waals surface area contributed by atoms with Crippen LogP contribution in [0.4, 0.5) is 4.79 Å². The molecule has 6 nitrogen and oxygen atoms in total. The van der Waals surface area contributed by atoms with Gasteiger partial charge in [-0.15, -0.1) is 12.4 Å². The Kier molecular flexibility index (Phi) is 20.9. The summed E-state index contributed by atoms with van der Waals surface area (Å²) in [6.45, 7) is 8.31. The Bertz CT molecular complexity index is 460. The first-order chi connectivity index (χ1) is 15.5. The van der Waals surface area contributed by atoms with E-state index in [1.165, 1.54) is 103 Å². The van der Waals surface area contributed by atoms with Gasteiger partial charge in [-0.1, -0.05) is 77.6 Å². The number of hydrogen-bond acceptors (Lipinski definition) is 5. The zero-order valence-corrected chi connectivity index (χ0v) is 22.0. The monoisotopic (exact) mass is 491 g/mol. The Balaban J connectivity index is 0.000000933. The number of carboxylic acid groups (broad SMARTS) is 1. The lowest BCUT2D eigenvalue weighted by molar-refractivity contribution is -0.139. The van der Waals surface area contributed by atoms with E-state index in [2.05, 4.69) is 11.8 Å². The van der Waals surface area contributed by atoms with Gasteiger partial charge >= 0.3 is 12.1 Å². The normalized spacial score (nSPS) is 19.6. The van der Waals surface area contributed by atoms with Gasteiger partial charge in [-0.2, -0.15) is 0 Å². The van der Waals surface area contributed by atoms with E-state index in [0.29, 0.717) is 6.61 Å². The number of nitrogens with zero attached hydrogens (tertiary/aromatic N) is 1. The Labute approximate surface area is 208 Å². The van der Waals surface area contributed by atoms with Crippen LogP contribution in [0.25, 0.3) is 0 Å². The van der Waals surface area contributed by atoms with E-state index >= 15 is 0 Å². The summed E-state index contributed by atoms with van der Waals surface area (Å²) in [7, 11) is 0. The molecule has 1 atom stereocenters. The largest absolute Gasteiger partial charge is 0.508 e. The number of hydrogen-bond donors (Lipinski definition) is 1. The van der Waals surface area contributed by atoms with Gasteiger partial charge in [0.05, 0.1) is 13.0 Å². The molecule has 0 spiro atoms. The Hall–Kier alpha value is -1.01.